The maximum absolute atomic E-state index is 6.19. The molecule has 2 nitrogen and oxygen atoms in total. The van der Waals surface area contributed by atoms with Gasteiger partial charge in [0.1, 0.15) is 0 Å². The van der Waals surface area contributed by atoms with Gasteiger partial charge in [-0.1, -0.05) is 11.6 Å². The topological polar surface area (TPSA) is 18.5 Å². The molecule has 0 saturated heterocycles. The summed E-state index contributed by atoms with van der Waals surface area (Å²) in [6.45, 7) is 0.563. The molecule has 0 amide bonds. The van der Waals surface area contributed by atoms with Crippen molar-refractivity contribution < 1.29 is 9.47 Å². The summed E-state index contributed by atoms with van der Waals surface area (Å²) in [6, 6.07) is 5.74. The number of hydrogen-bond donors (Lipinski definition) is 0. The smallest absolute Gasteiger partial charge is 0.179 e. The van der Waals surface area contributed by atoms with Gasteiger partial charge < -0.3 is 9.47 Å². The largest absolute Gasteiger partial charge is 0.493 e. The first-order valence-corrected chi connectivity index (χ1v) is 7.66. The minimum Gasteiger partial charge on any atom is -0.493 e. The molecular weight excluding hydrogens is 303 g/mol. The number of halogens is 2. The van der Waals surface area contributed by atoms with Crippen LogP contribution >= 0.6 is 34.5 Å². The molecule has 1 aromatic heterocycles. The highest BCUT2D eigenvalue weighted by Crippen LogP contribution is 2.36. The van der Waals surface area contributed by atoms with Crippen molar-refractivity contribution >= 4 is 34.5 Å². The van der Waals surface area contributed by atoms with E-state index < -0.39 is 0 Å². The second-order valence-electron chi connectivity index (χ2n) is 3.97. The number of benzene rings is 1. The van der Waals surface area contributed by atoms with Crippen molar-refractivity contribution in [1.82, 2.24) is 0 Å². The van der Waals surface area contributed by atoms with Crippen LogP contribution in [-0.4, -0.2) is 13.7 Å². The minimum absolute atomic E-state index is 0.394. The minimum atomic E-state index is 0.394. The molecule has 0 atom stereocenters. The van der Waals surface area contributed by atoms with Gasteiger partial charge in [-0.15, -0.1) is 11.6 Å². The van der Waals surface area contributed by atoms with Crippen molar-refractivity contribution in [3.8, 4) is 11.5 Å². The second-order valence-corrected chi connectivity index (χ2v) is 5.43. The van der Waals surface area contributed by atoms with Gasteiger partial charge in [0.05, 0.1) is 18.7 Å². The molecule has 0 bridgehead atoms. The lowest BCUT2D eigenvalue weighted by atomic mass is 10.2. The van der Waals surface area contributed by atoms with Gasteiger partial charge in [-0.25, -0.2) is 0 Å². The molecule has 2 rings (SSSR count). The van der Waals surface area contributed by atoms with Crippen LogP contribution in [0.25, 0.3) is 0 Å². The van der Waals surface area contributed by atoms with Gasteiger partial charge in [0.2, 0.25) is 0 Å². The van der Waals surface area contributed by atoms with E-state index in [0.29, 0.717) is 29.0 Å². The summed E-state index contributed by atoms with van der Waals surface area (Å²) in [5.74, 6) is 1.59. The zero-order valence-corrected chi connectivity index (χ0v) is 12.8. The number of rotatable bonds is 6. The Morgan fingerprint density at radius 3 is 2.74 bits per heavy atom. The predicted octanol–water partition coefficient (Wildman–Crippen LogP) is 4.77. The van der Waals surface area contributed by atoms with Crippen LogP contribution < -0.4 is 9.47 Å². The molecule has 0 aliphatic carbocycles. The van der Waals surface area contributed by atoms with Gasteiger partial charge in [0.15, 0.2) is 11.5 Å². The van der Waals surface area contributed by atoms with Crippen molar-refractivity contribution in [1.29, 1.82) is 0 Å². The first-order chi connectivity index (χ1) is 9.24. The standard InChI is InChI=1S/C14H14Cl2O2S/c1-17-13-7-11(8-15)6-12(16)14(13)18-4-2-10-3-5-19-9-10/h3,5-7,9H,2,4,8H2,1H3. The Labute approximate surface area is 126 Å². The van der Waals surface area contributed by atoms with Crippen molar-refractivity contribution in [2.45, 2.75) is 12.3 Å². The fourth-order valence-electron chi connectivity index (χ4n) is 1.70. The molecule has 2 aromatic rings. The van der Waals surface area contributed by atoms with Gasteiger partial charge in [-0.2, -0.15) is 11.3 Å². The molecule has 1 aromatic carbocycles. The Bertz CT molecular complexity index is 526. The number of ether oxygens (including phenoxy) is 2. The molecule has 0 aliphatic heterocycles. The molecule has 0 unspecified atom stereocenters. The molecule has 0 fully saturated rings. The van der Waals surface area contributed by atoms with Crippen LogP contribution in [0.3, 0.4) is 0 Å². The SMILES string of the molecule is COc1cc(CCl)cc(Cl)c1OCCc1ccsc1. The summed E-state index contributed by atoms with van der Waals surface area (Å²) in [5.41, 5.74) is 2.17. The number of hydrogen-bond acceptors (Lipinski definition) is 3. The Morgan fingerprint density at radius 2 is 2.11 bits per heavy atom. The summed E-state index contributed by atoms with van der Waals surface area (Å²) in [5, 5.41) is 4.69. The molecule has 102 valence electrons. The molecule has 0 spiro atoms. The Balaban J connectivity index is 2.06. The maximum atomic E-state index is 6.19. The van der Waals surface area contributed by atoms with E-state index >= 15 is 0 Å². The van der Waals surface area contributed by atoms with Gasteiger partial charge in [0, 0.05) is 12.3 Å². The molecule has 0 N–H and O–H groups in total. The van der Waals surface area contributed by atoms with Gasteiger partial charge in [-0.05, 0) is 40.1 Å². The van der Waals surface area contributed by atoms with Crippen LogP contribution in [0.5, 0.6) is 11.5 Å². The molecule has 0 saturated carbocycles. The van der Waals surface area contributed by atoms with Crippen LogP contribution in [-0.2, 0) is 12.3 Å². The lowest BCUT2D eigenvalue weighted by molar-refractivity contribution is 0.298. The fraction of sp³-hybridized carbons (Fsp3) is 0.286. The molecule has 0 radical (unpaired) electrons. The molecule has 0 aliphatic rings. The molecule has 5 heteroatoms. The Kier molecular flexibility index (Phi) is 5.37. The van der Waals surface area contributed by atoms with Gasteiger partial charge >= 0.3 is 0 Å². The van der Waals surface area contributed by atoms with E-state index in [0.717, 1.165) is 12.0 Å². The summed E-state index contributed by atoms with van der Waals surface area (Å²) in [7, 11) is 1.59. The van der Waals surface area contributed by atoms with Crippen LogP contribution in [0.4, 0.5) is 0 Å². The summed E-state index contributed by atoms with van der Waals surface area (Å²) in [4.78, 5) is 0. The number of methoxy groups -OCH3 is 1. The average Bonchev–Trinajstić information content (AvgIpc) is 2.93. The maximum Gasteiger partial charge on any atom is 0.179 e. The molecular formula is C14H14Cl2O2S. The first kappa shape index (κ1) is 14.5. The zero-order valence-electron chi connectivity index (χ0n) is 10.5. The van der Waals surface area contributed by atoms with E-state index in [1.54, 1.807) is 24.5 Å². The van der Waals surface area contributed by atoms with E-state index in [4.69, 9.17) is 32.7 Å². The second kappa shape index (κ2) is 7.04. The van der Waals surface area contributed by atoms with Crippen LogP contribution in [0.1, 0.15) is 11.1 Å². The molecule has 1 heterocycles. The average molecular weight is 317 g/mol. The third kappa shape index (κ3) is 3.78. The highest BCUT2D eigenvalue weighted by Gasteiger charge is 2.11. The quantitative estimate of drug-likeness (QED) is 0.715. The highest BCUT2D eigenvalue weighted by atomic mass is 35.5. The van der Waals surface area contributed by atoms with Gasteiger partial charge in [0.25, 0.3) is 0 Å². The van der Waals surface area contributed by atoms with Crippen molar-refractivity contribution in [3.05, 3.63) is 45.1 Å². The molecule has 19 heavy (non-hydrogen) atoms. The monoisotopic (exact) mass is 316 g/mol. The highest BCUT2D eigenvalue weighted by molar-refractivity contribution is 7.07. The zero-order chi connectivity index (χ0) is 13.7. The van der Waals surface area contributed by atoms with E-state index in [1.165, 1.54) is 5.56 Å². The summed E-state index contributed by atoms with van der Waals surface area (Å²) < 4.78 is 11.0. The first-order valence-electron chi connectivity index (χ1n) is 5.81. The normalized spacial score (nSPS) is 10.5. The van der Waals surface area contributed by atoms with Crippen LogP contribution in [0.15, 0.2) is 29.0 Å². The van der Waals surface area contributed by atoms with Crippen LogP contribution in [0.2, 0.25) is 5.02 Å². The summed E-state index contributed by atoms with van der Waals surface area (Å²) >= 11 is 13.7. The lowest BCUT2D eigenvalue weighted by Crippen LogP contribution is -2.03. The lowest BCUT2D eigenvalue weighted by Gasteiger charge is -2.13. The number of thiophene rings is 1. The van der Waals surface area contributed by atoms with Gasteiger partial charge in [-0.3, -0.25) is 0 Å². The van der Waals surface area contributed by atoms with Crippen molar-refractivity contribution in [3.63, 3.8) is 0 Å². The summed E-state index contributed by atoms with van der Waals surface area (Å²) in [6.07, 6.45) is 0.847. The number of alkyl halides is 1. The van der Waals surface area contributed by atoms with Crippen LogP contribution in [0, 0.1) is 0 Å². The van der Waals surface area contributed by atoms with Crippen molar-refractivity contribution in [2.75, 3.05) is 13.7 Å². The van der Waals surface area contributed by atoms with E-state index in [9.17, 15) is 0 Å². The Hall–Kier alpha value is -0.900. The van der Waals surface area contributed by atoms with Crippen molar-refractivity contribution in [2.24, 2.45) is 0 Å². The Morgan fingerprint density at radius 1 is 1.26 bits per heavy atom. The predicted molar refractivity (Wildman–Crippen MR) is 81.1 cm³/mol. The fourth-order valence-corrected chi connectivity index (χ4v) is 2.84. The third-order valence-electron chi connectivity index (χ3n) is 2.66. The third-order valence-corrected chi connectivity index (χ3v) is 3.98. The van der Waals surface area contributed by atoms with E-state index in [2.05, 4.69) is 16.8 Å². The van der Waals surface area contributed by atoms with E-state index in [1.807, 2.05) is 6.07 Å². The van der Waals surface area contributed by atoms with E-state index in [-0.39, 0.29) is 0 Å².